The predicted molar refractivity (Wildman–Crippen MR) is 119 cm³/mol. The molecule has 11 nitrogen and oxygen atoms in total. The highest BCUT2D eigenvalue weighted by molar-refractivity contribution is 6.23. The van der Waals surface area contributed by atoms with E-state index < -0.39 is 35.0 Å². The number of nitrogens with zero attached hydrogens (tertiary/aromatic N) is 3. The number of carbonyl (C=O) groups is 4. The molecule has 2 heterocycles. The van der Waals surface area contributed by atoms with E-state index in [0.29, 0.717) is 12.2 Å². The summed E-state index contributed by atoms with van der Waals surface area (Å²) in [6, 6.07) is 5.52. The van der Waals surface area contributed by atoms with Gasteiger partial charge in [0.15, 0.2) is 6.61 Å². The molecule has 0 spiro atoms. The zero-order valence-electron chi connectivity index (χ0n) is 19.3. The third kappa shape index (κ3) is 4.60. The number of aryl methyl sites for hydroxylation is 1. The summed E-state index contributed by atoms with van der Waals surface area (Å²) in [5, 5.41) is 11.2. The number of fused-ring (bicyclic) bond motifs is 1. The molecule has 180 valence electrons. The van der Waals surface area contributed by atoms with Gasteiger partial charge in [-0.05, 0) is 32.9 Å². The predicted octanol–water partition coefficient (Wildman–Crippen LogP) is 2.63. The average Bonchev–Trinajstić information content (AvgIpc) is 3.23. The van der Waals surface area contributed by atoms with Crippen LogP contribution < -0.4 is 0 Å². The Labute approximate surface area is 195 Å². The quantitative estimate of drug-likeness (QED) is 0.169. The van der Waals surface area contributed by atoms with Crippen molar-refractivity contribution in [2.24, 2.45) is 0 Å². The van der Waals surface area contributed by atoms with E-state index in [-0.39, 0.29) is 35.9 Å². The number of Topliss-reactive ketones (excluding diaryl/α,β-unsaturated/α-hetero) is 1. The van der Waals surface area contributed by atoms with E-state index >= 15 is 0 Å². The third-order valence-electron chi connectivity index (χ3n) is 5.71. The van der Waals surface area contributed by atoms with Crippen molar-refractivity contribution < 1.29 is 33.6 Å². The number of ketones is 1. The summed E-state index contributed by atoms with van der Waals surface area (Å²) in [5.41, 5.74) is 1.19. The van der Waals surface area contributed by atoms with Crippen LogP contribution in [-0.4, -0.2) is 64.8 Å². The number of hydrogen-bond donors (Lipinski definition) is 0. The van der Waals surface area contributed by atoms with Crippen molar-refractivity contribution in [1.29, 1.82) is 0 Å². The van der Waals surface area contributed by atoms with Crippen LogP contribution in [-0.2, 0) is 14.3 Å². The van der Waals surface area contributed by atoms with E-state index in [1.54, 1.807) is 20.1 Å². The number of esters is 1. The molecule has 1 unspecified atom stereocenters. The van der Waals surface area contributed by atoms with Crippen LogP contribution in [0.25, 0.3) is 0 Å². The number of imide groups is 1. The summed E-state index contributed by atoms with van der Waals surface area (Å²) in [6.45, 7) is 5.30. The number of benzene rings is 1. The Morgan fingerprint density at radius 1 is 1.18 bits per heavy atom. The Morgan fingerprint density at radius 3 is 2.53 bits per heavy atom. The molecule has 1 aliphatic rings. The number of carbonyl (C=O) groups excluding carboxylic acids is 4. The number of ether oxygens (including phenoxy) is 2. The largest absolute Gasteiger partial charge is 0.457 e. The van der Waals surface area contributed by atoms with Crippen molar-refractivity contribution in [3.05, 3.63) is 62.5 Å². The van der Waals surface area contributed by atoms with Gasteiger partial charge in [-0.15, -0.1) is 0 Å². The second-order valence-corrected chi connectivity index (χ2v) is 8.01. The molecule has 2 aromatic rings. The lowest BCUT2D eigenvalue weighted by Crippen LogP contribution is -2.32. The van der Waals surface area contributed by atoms with Crippen LogP contribution in [0, 0.1) is 24.0 Å². The fraction of sp³-hybridized carbons (Fsp3) is 0.391. The minimum atomic E-state index is -0.839. The van der Waals surface area contributed by atoms with Gasteiger partial charge in [-0.3, -0.25) is 34.2 Å². The molecule has 34 heavy (non-hydrogen) atoms. The zero-order chi connectivity index (χ0) is 25.2. The standard InChI is InChI=1S/C23H25N3O8/c1-13-10-17(15(3)25(13)14(2)11-33-4)19(27)12-34-20(28)8-9-24-22(29)16-6-5-7-18(26(31)32)21(16)23(24)30/h5-7,10,14H,8-9,11-12H2,1-4H3. The number of hydrogen-bond acceptors (Lipinski definition) is 8. The van der Waals surface area contributed by atoms with Gasteiger partial charge in [0.1, 0.15) is 5.56 Å². The first-order valence-corrected chi connectivity index (χ1v) is 10.6. The molecular weight excluding hydrogens is 446 g/mol. The molecule has 0 aliphatic carbocycles. The van der Waals surface area contributed by atoms with Gasteiger partial charge in [0.2, 0.25) is 5.78 Å². The first kappa shape index (κ1) is 24.8. The fourth-order valence-corrected chi connectivity index (χ4v) is 4.22. The van der Waals surface area contributed by atoms with Gasteiger partial charge in [0.05, 0.1) is 29.6 Å². The van der Waals surface area contributed by atoms with Gasteiger partial charge in [0.25, 0.3) is 17.5 Å². The average molecular weight is 471 g/mol. The van der Waals surface area contributed by atoms with E-state index in [0.717, 1.165) is 22.4 Å². The zero-order valence-corrected chi connectivity index (χ0v) is 19.3. The lowest BCUT2D eigenvalue weighted by Gasteiger charge is -2.17. The number of methoxy groups -OCH3 is 1. The molecule has 1 aromatic heterocycles. The van der Waals surface area contributed by atoms with Gasteiger partial charge < -0.3 is 14.0 Å². The van der Waals surface area contributed by atoms with Gasteiger partial charge >= 0.3 is 5.97 Å². The molecule has 1 atom stereocenters. The monoisotopic (exact) mass is 471 g/mol. The normalized spacial score (nSPS) is 13.7. The highest BCUT2D eigenvalue weighted by atomic mass is 16.6. The molecule has 1 aliphatic heterocycles. The van der Waals surface area contributed by atoms with Gasteiger partial charge in [-0.1, -0.05) is 6.07 Å². The minimum absolute atomic E-state index is 0.0181. The van der Waals surface area contributed by atoms with Crippen LogP contribution in [0.1, 0.15) is 61.8 Å². The van der Waals surface area contributed by atoms with Crippen molar-refractivity contribution in [2.75, 3.05) is 26.9 Å². The fourth-order valence-electron chi connectivity index (χ4n) is 4.22. The summed E-state index contributed by atoms with van der Waals surface area (Å²) < 4.78 is 12.2. The lowest BCUT2D eigenvalue weighted by molar-refractivity contribution is -0.385. The summed E-state index contributed by atoms with van der Waals surface area (Å²) in [4.78, 5) is 61.1. The maximum absolute atomic E-state index is 12.6. The van der Waals surface area contributed by atoms with E-state index in [1.165, 1.54) is 12.1 Å². The first-order valence-electron chi connectivity index (χ1n) is 10.6. The Bertz CT molecular complexity index is 1180. The second-order valence-electron chi connectivity index (χ2n) is 8.01. The molecule has 1 aromatic carbocycles. The second kappa shape index (κ2) is 9.96. The van der Waals surface area contributed by atoms with E-state index in [9.17, 15) is 29.3 Å². The number of nitro groups is 1. The molecule has 11 heteroatoms. The molecule has 0 saturated heterocycles. The van der Waals surface area contributed by atoms with Crippen LogP contribution in [0.4, 0.5) is 5.69 Å². The number of aromatic nitrogens is 1. The van der Waals surface area contributed by atoms with Gasteiger partial charge in [-0.25, -0.2) is 0 Å². The van der Waals surface area contributed by atoms with Crippen LogP contribution in [0.3, 0.4) is 0 Å². The van der Waals surface area contributed by atoms with Crippen LogP contribution in [0.5, 0.6) is 0 Å². The van der Waals surface area contributed by atoms with E-state index in [4.69, 9.17) is 9.47 Å². The molecule has 0 bridgehead atoms. The smallest absolute Gasteiger partial charge is 0.308 e. The number of nitro benzene ring substituents is 1. The Balaban J connectivity index is 1.59. The maximum Gasteiger partial charge on any atom is 0.308 e. The minimum Gasteiger partial charge on any atom is -0.457 e. The third-order valence-corrected chi connectivity index (χ3v) is 5.71. The summed E-state index contributed by atoms with van der Waals surface area (Å²) in [6.07, 6.45) is -0.351. The molecule has 3 rings (SSSR count). The number of rotatable bonds is 10. The van der Waals surface area contributed by atoms with Gasteiger partial charge in [0, 0.05) is 36.7 Å². The van der Waals surface area contributed by atoms with Crippen molar-refractivity contribution in [3.63, 3.8) is 0 Å². The topological polar surface area (TPSA) is 138 Å². The molecular formula is C23H25N3O8. The van der Waals surface area contributed by atoms with Gasteiger partial charge in [-0.2, -0.15) is 0 Å². The molecule has 0 fully saturated rings. The SMILES string of the molecule is COCC(C)n1c(C)cc(C(=O)COC(=O)CCN2C(=O)c3cccc([N+](=O)[O-])c3C2=O)c1C. The van der Waals surface area contributed by atoms with Crippen molar-refractivity contribution >= 4 is 29.3 Å². The van der Waals surface area contributed by atoms with E-state index in [1.807, 2.05) is 18.4 Å². The number of amides is 2. The highest BCUT2D eigenvalue weighted by Crippen LogP contribution is 2.30. The molecule has 0 saturated carbocycles. The van der Waals surface area contributed by atoms with Crippen LogP contribution >= 0.6 is 0 Å². The van der Waals surface area contributed by atoms with Crippen molar-refractivity contribution in [1.82, 2.24) is 9.47 Å². The lowest BCUT2D eigenvalue weighted by atomic mass is 10.1. The van der Waals surface area contributed by atoms with E-state index in [2.05, 4.69) is 0 Å². The summed E-state index contributed by atoms with van der Waals surface area (Å²) >= 11 is 0. The molecule has 0 N–H and O–H groups in total. The van der Waals surface area contributed by atoms with Crippen molar-refractivity contribution in [3.8, 4) is 0 Å². The van der Waals surface area contributed by atoms with Crippen LogP contribution in [0.2, 0.25) is 0 Å². The molecule has 0 radical (unpaired) electrons. The van der Waals surface area contributed by atoms with Crippen molar-refractivity contribution in [2.45, 2.75) is 33.2 Å². The Hall–Kier alpha value is -3.86. The Morgan fingerprint density at radius 2 is 1.88 bits per heavy atom. The highest BCUT2D eigenvalue weighted by Gasteiger charge is 2.40. The summed E-state index contributed by atoms with van der Waals surface area (Å²) in [5.74, 6) is -2.71. The Kier molecular flexibility index (Phi) is 7.26. The maximum atomic E-state index is 12.6. The first-order chi connectivity index (χ1) is 16.1. The molecule has 2 amide bonds. The van der Waals surface area contributed by atoms with Crippen LogP contribution in [0.15, 0.2) is 24.3 Å². The summed E-state index contributed by atoms with van der Waals surface area (Å²) in [7, 11) is 1.60.